The first kappa shape index (κ1) is 17.0. The van der Waals surface area contributed by atoms with E-state index in [9.17, 15) is 14.7 Å². The predicted molar refractivity (Wildman–Crippen MR) is 90.1 cm³/mol. The van der Waals surface area contributed by atoms with Crippen molar-refractivity contribution in [2.24, 2.45) is 0 Å². The largest absolute Gasteiger partial charge is 0.467 e. The average molecular weight is 344 g/mol. The van der Waals surface area contributed by atoms with E-state index in [1.807, 2.05) is 30.3 Å². The second-order valence-corrected chi connectivity index (χ2v) is 5.91. The third kappa shape index (κ3) is 3.83. The molecule has 0 radical (unpaired) electrons. The van der Waals surface area contributed by atoms with Gasteiger partial charge < -0.3 is 24.5 Å². The van der Waals surface area contributed by atoms with Crippen molar-refractivity contribution in [2.75, 3.05) is 18.6 Å². The van der Waals surface area contributed by atoms with Crippen molar-refractivity contribution in [1.29, 1.82) is 0 Å². The molecule has 0 aliphatic carbocycles. The summed E-state index contributed by atoms with van der Waals surface area (Å²) in [7, 11) is 1.31. The van der Waals surface area contributed by atoms with Crippen molar-refractivity contribution < 1.29 is 24.2 Å². The van der Waals surface area contributed by atoms with E-state index in [4.69, 9.17) is 9.47 Å². The highest BCUT2D eigenvalue weighted by Crippen LogP contribution is 2.27. The molecule has 3 rings (SSSR count). The van der Waals surface area contributed by atoms with Crippen LogP contribution in [0.2, 0.25) is 0 Å². The van der Waals surface area contributed by atoms with Crippen LogP contribution in [-0.2, 0) is 20.9 Å². The number of aromatic amines is 1. The summed E-state index contributed by atoms with van der Waals surface area (Å²) in [5.41, 5.74) is 1.82. The zero-order valence-corrected chi connectivity index (χ0v) is 13.8. The fourth-order valence-corrected chi connectivity index (χ4v) is 2.93. The number of esters is 2. The Bertz CT molecular complexity index is 743. The number of benzene rings is 1. The molecule has 1 saturated heterocycles. The molecule has 1 aliphatic heterocycles. The van der Waals surface area contributed by atoms with Crippen molar-refractivity contribution in [2.45, 2.75) is 25.2 Å². The molecule has 0 spiro atoms. The van der Waals surface area contributed by atoms with Crippen LogP contribution < -0.4 is 4.90 Å². The number of hydrogen-bond donors (Lipinski definition) is 2. The first-order valence-corrected chi connectivity index (χ1v) is 8.00. The molecule has 2 aromatic rings. The number of hydrogen-bond acceptors (Lipinski definition) is 6. The van der Waals surface area contributed by atoms with Gasteiger partial charge in [-0.15, -0.1) is 0 Å². The van der Waals surface area contributed by atoms with Crippen LogP contribution in [0.25, 0.3) is 0 Å². The van der Waals surface area contributed by atoms with E-state index in [2.05, 4.69) is 4.98 Å². The minimum Gasteiger partial charge on any atom is -0.467 e. The number of carbonyl (C=O) groups is 2. The maximum Gasteiger partial charge on any atom is 0.355 e. The molecule has 7 nitrogen and oxygen atoms in total. The van der Waals surface area contributed by atoms with Gasteiger partial charge in [0.15, 0.2) is 0 Å². The van der Waals surface area contributed by atoms with Gasteiger partial charge in [-0.3, -0.25) is 0 Å². The summed E-state index contributed by atoms with van der Waals surface area (Å²) < 4.78 is 10.1. The first-order chi connectivity index (χ1) is 12.1. The highest BCUT2D eigenvalue weighted by Gasteiger charge is 2.37. The lowest BCUT2D eigenvalue weighted by molar-refractivity contribution is -0.142. The Morgan fingerprint density at radius 1 is 1.32 bits per heavy atom. The maximum absolute atomic E-state index is 12.2. The Morgan fingerprint density at radius 3 is 2.80 bits per heavy atom. The molecule has 1 aromatic carbocycles. The van der Waals surface area contributed by atoms with Crippen LogP contribution in [0.3, 0.4) is 0 Å². The number of β-amino-alcohol motifs (C(OH)–C–C–N with tert-alkyl or cyclic N) is 1. The Kier molecular flexibility index (Phi) is 5.04. The number of H-pyrrole nitrogens is 1. The Morgan fingerprint density at radius 2 is 2.08 bits per heavy atom. The van der Waals surface area contributed by atoms with E-state index in [0.29, 0.717) is 18.7 Å². The monoisotopic (exact) mass is 344 g/mol. The number of methoxy groups -OCH3 is 1. The van der Waals surface area contributed by atoms with Crippen molar-refractivity contribution in [1.82, 2.24) is 4.98 Å². The minimum atomic E-state index is -0.618. The zero-order chi connectivity index (χ0) is 17.8. The molecule has 1 fully saturated rings. The summed E-state index contributed by atoms with van der Waals surface area (Å²) in [6, 6.07) is 10.4. The van der Waals surface area contributed by atoms with E-state index in [0.717, 1.165) is 5.56 Å². The van der Waals surface area contributed by atoms with Gasteiger partial charge in [-0.2, -0.15) is 0 Å². The molecule has 1 aliphatic rings. The summed E-state index contributed by atoms with van der Waals surface area (Å²) in [5.74, 6) is -0.893. The second-order valence-electron chi connectivity index (χ2n) is 5.91. The molecular weight excluding hydrogens is 324 g/mol. The smallest absolute Gasteiger partial charge is 0.355 e. The molecule has 7 heteroatoms. The summed E-state index contributed by atoms with van der Waals surface area (Å²) in [6.45, 7) is 0.483. The molecule has 0 bridgehead atoms. The molecule has 2 N–H and O–H groups in total. The van der Waals surface area contributed by atoms with Crippen LogP contribution in [0.5, 0.6) is 0 Å². The number of rotatable bonds is 5. The number of nitrogens with one attached hydrogen (secondary N) is 1. The lowest BCUT2D eigenvalue weighted by atomic mass is 10.2. The molecule has 132 valence electrons. The summed E-state index contributed by atoms with van der Waals surface area (Å²) in [6.07, 6.45) is 1.30. The number of aromatic nitrogens is 1. The van der Waals surface area contributed by atoms with Crippen LogP contribution in [-0.4, -0.2) is 47.8 Å². The normalized spacial score (nSPS) is 19.7. The van der Waals surface area contributed by atoms with Crippen molar-refractivity contribution >= 4 is 17.6 Å². The fourth-order valence-electron chi connectivity index (χ4n) is 2.93. The van der Waals surface area contributed by atoms with Crippen molar-refractivity contribution in [3.8, 4) is 0 Å². The molecular formula is C18H20N2O5. The van der Waals surface area contributed by atoms with Gasteiger partial charge in [0.25, 0.3) is 0 Å². The van der Waals surface area contributed by atoms with Gasteiger partial charge in [-0.1, -0.05) is 30.3 Å². The lowest BCUT2D eigenvalue weighted by Crippen LogP contribution is -2.36. The molecule has 0 amide bonds. The van der Waals surface area contributed by atoms with Gasteiger partial charge in [-0.05, 0) is 11.6 Å². The fraction of sp³-hybridized carbons (Fsp3) is 0.333. The van der Waals surface area contributed by atoms with E-state index in [1.54, 1.807) is 17.2 Å². The number of carbonyl (C=O) groups excluding carboxylic acids is 2. The minimum absolute atomic E-state index is 0.182. The van der Waals surface area contributed by atoms with Crippen LogP contribution in [0.1, 0.15) is 22.5 Å². The van der Waals surface area contributed by atoms with E-state index < -0.39 is 24.1 Å². The third-order valence-corrected chi connectivity index (χ3v) is 4.18. The Balaban J connectivity index is 1.67. The average Bonchev–Trinajstić information content (AvgIpc) is 3.26. The van der Waals surface area contributed by atoms with Crippen LogP contribution in [0.15, 0.2) is 42.6 Å². The highest BCUT2D eigenvalue weighted by molar-refractivity contribution is 5.89. The van der Waals surface area contributed by atoms with Crippen molar-refractivity contribution in [3.63, 3.8) is 0 Å². The highest BCUT2D eigenvalue weighted by atomic mass is 16.5. The van der Waals surface area contributed by atoms with Gasteiger partial charge in [0, 0.05) is 19.2 Å². The standard InChI is InChI=1S/C18H20N2O5/c1-24-18(23)16-8-14(21)10-20(16)13-7-15(19-9-13)17(22)25-11-12-5-3-2-4-6-12/h2-7,9,14,16,19,21H,8,10-11H2,1H3/t14-,16+/m1/s1. The van der Waals surface area contributed by atoms with E-state index in [1.165, 1.54) is 7.11 Å². The number of aliphatic hydroxyl groups is 1. The SMILES string of the molecule is COC(=O)[C@@H]1C[C@@H](O)CN1c1c[nH]c(C(=O)OCc2ccccc2)c1. The Labute approximate surface area is 145 Å². The summed E-state index contributed by atoms with van der Waals surface area (Å²) >= 11 is 0. The van der Waals surface area contributed by atoms with Gasteiger partial charge in [-0.25, -0.2) is 9.59 Å². The van der Waals surface area contributed by atoms with E-state index in [-0.39, 0.29) is 12.3 Å². The number of ether oxygens (including phenoxy) is 2. The van der Waals surface area contributed by atoms with Crippen molar-refractivity contribution in [3.05, 3.63) is 53.9 Å². The summed E-state index contributed by atoms with van der Waals surface area (Å²) in [4.78, 5) is 28.6. The molecule has 0 unspecified atom stereocenters. The molecule has 0 saturated carbocycles. The molecule has 2 atom stereocenters. The lowest BCUT2D eigenvalue weighted by Gasteiger charge is -2.22. The van der Waals surface area contributed by atoms with Crippen LogP contribution in [0, 0.1) is 0 Å². The predicted octanol–water partition coefficient (Wildman–Crippen LogP) is 1.48. The van der Waals surface area contributed by atoms with Gasteiger partial charge in [0.2, 0.25) is 0 Å². The zero-order valence-electron chi connectivity index (χ0n) is 13.8. The molecule has 25 heavy (non-hydrogen) atoms. The van der Waals surface area contributed by atoms with Crippen LogP contribution in [0.4, 0.5) is 5.69 Å². The summed E-state index contributed by atoms with van der Waals surface area (Å²) in [5, 5.41) is 9.85. The second kappa shape index (κ2) is 7.40. The number of aliphatic hydroxyl groups excluding tert-OH is 1. The topological polar surface area (TPSA) is 91.9 Å². The Hall–Kier alpha value is -2.80. The van der Waals surface area contributed by atoms with E-state index >= 15 is 0 Å². The maximum atomic E-state index is 12.2. The first-order valence-electron chi connectivity index (χ1n) is 8.00. The molecule has 2 heterocycles. The quantitative estimate of drug-likeness (QED) is 0.799. The number of nitrogens with zero attached hydrogens (tertiary/aromatic N) is 1. The molecule has 1 aromatic heterocycles. The van der Waals surface area contributed by atoms with Crippen LogP contribution >= 0.6 is 0 Å². The van der Waals surface area contributed by atoms with Gasteiger partial charge in [0.1, 0.15) is 18.3 Å². The van der Waals surface area contributed by atoms with Gasteiger partial charge >= 0.3 is 11.9 Å². The van der Waals surface area contributed by atoms with Gasteiger partial charge in [0.05, 0.1) is 18.9 Å². The number of anilines is 1. The third-order valence-electron chi connectivity index (χ3n) is 4.18.